The molecule has 0 bridgehead atoms. The second-order valence-electron chi connectivity index (χ2n) is 3.70. The van der Waals surface area contributed by atoms with E-state index in [9.17, 15) is 9.59 Å². The van der Waals surface area contributed by atoms with Crippen LogP contribution < -0.4 is 5.32 Å². The predicted octanol–water partition coefficient (Wildman–Crippen LogP) is -0.366. The minimum absolute atomic E-state index is 0.103. The molecule has 2 heterocycles. The molecular weight excluding hydrogens is 182 g/mol. The average Bonchev–Trinajstić information content (AvgIpc) is 2.70. The number of piperazine rings is 1. The molecule has 0 saturated carbocycles. The average molecular weight is 197 g/mol. The van der Waals surface area contributed by atoms with E-state index in [1.807, 2.05) is 0 Å². The molecule has 2 rings (SSSR count). The van der Waals surface area contributed by atoms with Crippen molar-refractivity contribution in [1.82, 2.24) is 15.1 Å². The maximum atomic E-state index is 11.8. The van der Waals surface area contributed by atoms with Crippen molar-refractivity contribution in [2.75, 3.05) is 32.7 Å². The van der Waals surface area contributed by atoms with Crippen molar-refractivity contribution in [3.05, 3.63) is 0 Å². The lowest BCUT2D eigenvalue weighted by molar-refractivity contribution is -0.129. The lowest BCUT2D eigenvalue weighted by atomic mass is 10.3. The molecule has 0 unspecified atom stereocenters. The fourth-order valence-corrected chi connectivity index (χ4v) is 1.89. The van der Waals surface area contributed by atoms with Crippen molar-refractivity contribution in [2.24, 2.45) is 0 Å². The Morgan fingerprint density at radius 1 is 1.21 bits per heavy atom. The van der Waals surface area contributed by atoms with Crippen LogP contribution in [0.1, 0.15) is 12.8 Å². The van der Waals surface area contributed by atoms with Crippen LogP contribution in [-0.2, 0) is 4.79 Å². The third-order valence-corrected chi connectivity index (χ3v) is 2.70. The van der Waals surface area contributed by atoms with Gasteiger partial charge < -0.3 is 10.2 Å². The van der Waals surface area contributed by atoms with Crippen molar-refractivity contribution < 1.29 is 9.59 Å². The minimum atomic E-state index is -0.104. The minimum Gasteiger partial charge on any atom is -0.324 e. The van der Waals surface area contributed by atoms with Gasteiger partial charge in [-0.1, -0.05) is 0 Å². The molecule has 0 aliphatic carbocycles. The van der Waals surface area contributed by atoms with Crippen LogP contribution in [0, 0.1) is 0 Å². The largest absolute Gasteiger partial charge is 0.326 e. The first kappa shape index (κ1) is 9.45. The number of carbonyl (C=O) groups excluding carboxylic acids is 2. The molecule has 2 saturated heterocycles. The highest BCUT2D eigenvalue weighted by molar-refractivity contribution is 5.96. The van der Waals surface area contributed by atoms with Crippen LogP contribution in [-0.4, -0.2) is 54.5 Å². The molecule has 3 amide bonds. The van der Waals surface area contributed by atoms with Gasteiger partial charge in [0.15, 0.2) is 0 Å². The number of likely N-dealkylation sites (tertiary alicyclic amines) is 1. The van der Waals surface area contributed by atoms with E-state index in [0.717, 1.165) is 25.9 Å². The third kappa shape index (κ3) is 1.72. The highest BCUT2D eigenvalue weighted by Gasteiger charge is 2.29. The third-order valence-electron chi connectivity index (χ3n) is 2.70. The zero-order valence-corrected chi connectivity index (χ0v) is 8.16. The molecule has 0 radical (unpaired) electrons. The van der Waals surface area contributed by atoms with E-state index < -0.39 is 0 Å². The predicted molar refractivity (Wildman–Crippen MR) is 50.8 cm³/mol. The van der Waals surface area contributed by atoms with Gasteiger partial charge in [0.05, 0.1) is 6.54 Å². The van der Waals surface area contributed by atoms with Gasteiger partial charge in [0.25, 0.3) is 0 Å². The number of hydrogen-bond donors (Lipinski definition) is 1. The van der Waals surface area contributed by atoms with Crippen molar-refractivity contribution >= 4 is 11.9 Å². The molecule has 0 aromatic heterocycles. The highest BCUT2D eigenvalue weighted by atomic mass is 16.2. The topological polar surface area (TPSA) is 52.7 Å². The van der Waals surface area contributed by atoms with Crippen LogP contribution in [0.4, 0.5) is 4.79 Å². The number of imide groups is 1. The van der Waals surface area contributed by atoms with Gasteiger partial charge in [-0.05, 0) is 12.8 Å². The van der Waals surface area contributed by atoms with Gasteiger partial charge in [0.1, 0.15) is 0 Å². The lowest BCUT2D eigenvalue weighted by Gasteiger charge is -2.29. The molecule has 1 N–H and O–H groups in total. The first-order chi connectivity index (χ1) is 6.79. The van der Waals surface area contributed by atoms with Gasteiger partial charge in [0.2, 0.25) is 5.91 Å². The summed E-state index contributed by atoms with van der Waals surface area (Å²) >= 11 is 0. The Kier molecular flexibility index (Phi) is 2.67. The van der Waals surface area contributed by atoms with Crippen molar-refractivity contribution in [1.29, 1.82) is 0 Å². The van der Waals surface area contributed by atoms with E-state index in [0.29, 0.717) is 19.6 Å². The van der Waals surface area contributed by atoms with E-state index in [2.05, 4.69) is 5.32 Å². The SMILES string of the molecule is O=C1CNCCN1C(=O)N1CCCC1. The summed E-state index contributed by atoms with van der Waals surface area (Å²) in [5.41, 5.74) is 0. The second kappa shape index (κ2) is 3.96. The Morgan fingerprint density at radius 3 is 2.57 bits per heavy atom. The fourth-order valence-electron chi connectivity index (χ4n) is 1.89. The van der Waals surface area contributed by atoms with Crippen LogP contribution in [0.5, 0.6) is 0 Å². The summed E-state index contributed by atoms with van der Waals surface area (Å²) in [7, 11) is 0. The molecule has 78 valence electrons. The zero-order valence-electron chi connectivity index (χ0n) is 8.16. The molecule has 0 aromatic carbocycles. The maximum absolute atomic E-state index is 11.8. The molecule has 14 heavy (non-hydrogen) atoms. The van der Waals surface area contributed by atoms with Crippen LogP contribution >= 0.6 is 0 Å². The van der Waals surface area contributed by atoms with Crippen molar-refractivity contribution in [3.63, 3.8) is 0 Å². The van der Waals surface area contributed by atoms with Crippen LogP contribution in [0.25, 0.3) is 0 Å². The van der Waals surface area contributed by atoms with Crippen LogP contribution in [0.2, 0.25) is 0 Å². The molecule has 5 heteroatoms. The standard InChI is InChI=1S/C9H15N3O2/c13-8-7-10-3-6-12(8)9(14)11-4-1-2-5-11/h10H,1-7H2. The fraction of sp³-hybridized carbons (Fsp3) is 0.778. The Bertz CT molecular complexity index is 248. The molecule has 2 aliphatic rings. The Morgan fingerprint density at radius 2 is 1.93 bits per heavy atom. The Balaban J connectivity index is 1.98. The lowest BCUT2D eigenvalue weighted by Crippen LogP contribution is -2.54. The van der Waals surface area contributed by atoms with Crippen molar-refractivity contribution in [3.8, 4) is 0 Å². The molecule has 2 fully saturated rings. The summed E-state index contributed by atoms with van der Waals surface area (Å²) in [5.74, 6) is -0.104. The zero-order chi connectivity index (χ0) is 9.97. The highest BCUT2D eigenvalue weighted by Crippen LogP contribution is 2.11. The quantitative estimate of drug-likeness (QED) is 0.576. The number of hydrogen-bond acceptors (Lipinski definition) is 3. The number of nitrogens with zero attached hydrogens (tertiary/aromatic N) is 2. The first-order valence-corrected chi connectivity index (χ1v) is 5.09. The Labute approximate surface area is 83.0 Å². The summed E-state index contributed by atoms with van der Waals surface area (Å²) in [6.45, 7) is 3.12. The van der Waals surface area contributed by atoms with E-state index in [-0.39, 0.29) is 11.9 Å². The number of amides is 3. The summed E-state index contributed by atoms with van der Waals surface area (Å²) in [6.07, 6.45) is 2.12. The van der Waals surface area contributed by atoms with Gasteiger partial charge in [-0.15, -0.1) is 0 Å². The second-order valence-corrected chi connectivity index (χ2v) is 3.70. The molecular formula is C9H15N3O2. The van der Waals surface area contributed by atoms with Crippen molar-refractivity contribution in [2.45, 2.75) is 12.8 Å². The molecule has 0 spiro atoms. The van der Waals surface area contributed by atoms with Crippen LogP contribution in [0.3, 0.4) is 0 Å². The van der Waals surface area contributed by atoms with Gasteiger partial charge in [-0.25, -0.2) is 4.79 Å². The van der Waals surface area contributed by atoms with E-state index >= 15 is 0 Å². The number of nitrogens with one attached hydrogen (secondary N) is 1. The molecule has 0 aromatic rings. The number of carbonyl (C=O) groups is 2. The molecule has 2 aliphatic heterocycles. The summed E-state index contributed by atoms with van der Waals surface area (Å²) in [4.78, 5) is 26.4. The summed E-state index contributed by atoms with van der Waals surface area (Å²) in [5, 5.41) is 2.95. The number of urea groups is 1. The van der Waals surface area contributed by atoms with E-state index in [1.165, 1.54) is 4.90 Å². The van der Waals surface area contributed by atoms with Gasteiger partial charge in [-0.2, -0.15) is 0 Å². The van der Waals surface area contributed by atoms with E-state index in [1.54, 1.807) is 4.90 Å². The first-order valence-electron chi connectivity index (χ1n) is 5.09. The molecule has 5 nitrogen and oxygen atoms in total. The molecule has 0 atom stereocenters. The number of rotatable bonds is 0. The van der Waals surface area contributed by atoms with E-state index in [4.69, 9.17) is 0 Å². The van der Waals surface area contributed by atoms with Gasteiger partial charge >= 0.3 is 6.03 Å². The monoisotopic (exact) mass is 197 g/mol. The van der Waals surface area contributed by atoms with Gasteiger partial charge in [0, 0.05) is 26.2 Å². The summed E-state index contributed by atoms with van der Waals surface area (Å²) in [6, 6.07) is -0.103. The normalized spacial score (nSPS) is 23.0. The summed E-state index contributed by atoms with van der Waals surface area (Å²) < 4.78 is 0. The van der Waals surface area contributed by atoms with Crippen LogP contribution in [0.15, 0.2) is 0 Å². The maximum Gasteiger partial charge on any atom is 0.326 e. The van der Waals surface area contributed by atoms with Gasteiger partial charge in [-0.3, -0.25) is 9.69 Å². The smallest absolute Gasteiger partial charge is 0.324 e. The Hall–Kier alpha value is -1.10.